The molecular formula is C11H16N2O3. The molecule has 0 aromatic carbocycles. The third-order valence-electron chi connectivity index (χ3n) is 2.12. The highest BCUT2D eigenvalue weighted by Gasteiger charge is 2.02. The molecule has 3 N–H and O–H groups in total. The number of pyridine rings is 1. The molecule has 5 nitrogen and oxygen atoms in total. The summed E-state index contributed by atoms with van der Waals surface area (Å²) in [4.78, 5) is 14.6. The summed E-state index contributed by atoms with van der Waals surface area (Å²) in [6.45, 7) is 3.02. The molecule has 0 saturated carbocycles. The molecule has 1 atom stereocenters. The van der Waals surface area contributed by atoms with Crippen LogP contribution in [0.5, 0.6) is 0 Å². The van der Waals surface area contributed by atoms with Crippen molar-refractivity contribution in [3.63, 3.8) is 0 Å². The van der Waals surface area contributed by atoms with Crippen LogP contribution in [0.25, 0.3) is 0 Å². The van der Waals surface area contributed by atoms with Gasteiger partial charge in [0, 0.05) is 12.7 Å². The second-order valence-electron chi connectivity index (χ2n) is 3.66. The first-order valence-corrected chi connectivity index (χ1v) is 5.16. The molecule has 88 valence electrons. The number of nitrogens with zero attached hydrogens (tertiary/aromatic N) is 1. The normalized spacial score (nSPS) is 12.4. The number of rotatable bonds is 6. The lowest BCUT2D eigenvalue weighted by Crippen LogP contribution is -2.19. The van der Waals surface area contributed by atoms with Gasteiger partial charge in [-0.3, -0.25) is 4.98 Å². The Kier molecular flexibility index (Phi) is 4.88. The summed E-state index contributed by atoms with van der Waals surface area (Å²) >= 11 is 0. The Balaban J connectivity index is 2.35. The molecule has 16 heavy (non-hydrogen) atoms. The number of nitrogens with one attached hydrogen (secondary N) is 1. The molecular weight excluding hydrogens is 208 g/mol. The van der Waals surface area contributed by atoms with Crippen LogP contribution < -0.4 is 5.32 Å². The number of aliphatic hydroxyl groups excluding tert-OH is 1. The molecule has 0 bridgehead atoms. The van der Waals surface area contributed by atoms with Crippen molar-refractivity contribution in [1.82, 2.24) is 10.3 Å². The van der Waals surface area contributed by atoms with Gasteiger partial charge >= 0.3 is 5.97 Å². The summed E-state index contributed by atoms with van der Waals surface area (Å²) in [5.41, 5.74) is 0.975. The summed E-state index contributed by atoms with van der Waals surface area (Å²) in [6, 6.07) is 3.21. The lowest BCUT2D eigenvalue weighted by atomic mass is 10.2. The van der Waals surface area contributed by atoms with Gasteiger partial charge in [-0.15, -0.1) is 0 Å². The molecule has 0 saturated heterocycles. The van der Waals surface area contributed by atoms with Crippen molar-refractivity contribution in [2.45, 2.75) is 26.0 Å². The second-order valence-corrected chi connectivity index (χ2v) is 3.66. The van der Waals surface area contributed by atoms with Crippen LogP contribution in [-0.2, 0) is 6.54 Å². The molecule has 1 heterocycles. The Bertz CT molecular complexity index is 336. The smallest absolute Gasteiger partial charge is 0.337 e. The van der Waals surface area contributed by atoms with Gasteiger partial charge in [0.2, 0.25) is 0 Å². The van der Waals surface area contributed by atoms with Crippen LogP contribution >= 0.6 is 0 Å². The quantitative estimate of drug-likeness (QED) is 0.618. The number of aromatic carboxylic acids is 1. The first-order chi connectivity index (χ1) is 7.59. The van der Waals surface area contributed by atoms with Crippen LogP contribution in [0, 0.1) is 0 Å². The van der Waals surface area contributed by atoms with E-state index < -0.39 is 5.97 Å². The molecule has 1 aromatic heterocycles. The maximum Gasteiger partial charge on any atom is 0.337 e. The Hall–Kier alpha value is -1.46. The highest BCUT2D eigenvalue weighted by molar-refractivity contribution is 5.87. The molecule has 0 fully saturated rings. The molecule has 0 aliphatic heterocycles. The molecule has 0 spiro atoms. The number of hydrogen-bond donors (Lipinski definition) is 3. The van der Waals surface area contributed by atoms with Crippen LogP contribution in [-0.4, -0.2) is 33.8 Å². The number of carboxylic acid groups (broad SMARTS) is 1. The maximum absolute atomic E-state index is 10.6. The lowest BCUT2D eigenvalue weighted by molar-refractivity contribution is 0.0696. The molecule has 1 rings (SSSR count). The van der Waals surface area contributed by atoms with Crippen LogP contribution in [0.3, 0.4) is 0 Å². The summed E-state index contributed by atoms with van der Waals surface area (Å²) in [7, 11) is 0. The zero-order valence-corrected chi connectivity index (χ0v) is 9.18. The van der Waals surface area contributed by atoms with E-state index in [4.69, 9.17) is 10.2 Å². The predicted octanol–water partition coefficient (Wildman–Crippen LogP) is 0.640. The van der Waals surface area contributed by atoms with Gasteiger partial charge < -0.3 is 15.5 Å². The fourth-order valence-electron chi connectivity index (χ4n) is 1.18. The van der Waals surface area contributed by atoms with Crippen molar-refractivity contribution in [2.75, 3.05) is 6.54 Å². The summed E-state index contributed by atoms with van der Waals surface area (Å²) in [5.74, 6) is -0.971. The van der Waals surface area contributed by atoms with Crippen LogP contribution in [0.2, 0.25) is 0 Å². The number of carboxylic acids is 1. The molecule has 0 amide bonds. The van der Waals surface area contributed by atoms with E-state index in [0.717, 1.165) is 5.69 Å². The minimum absolute atomic E-state index is 0.188. The first kappa shape index (κ1) is 12.6. The molecule has 0 aliphatic rings. The van der Waals surface area contributed by atoms with Gasteiger partial charge in [0.1, 0.15) is 0 Å². The van der Waals surface area contributed by atoms with Gasteiger partial charge in [-0.25, -0.2) is 4.79 Å². The van der Waals surface area contributed by atoms with Gasteiger partial charge in [-0.2, -0.15) is 0 Å². The zero-order valence-electron chi connectivity index (χ0n) is 9.18. The Morgan fingerprint density at radius 3 is 2.81 bits per heavy atom. The van der Waals surface area contributed by atoms with Crippen LogP contribution in [0.1, 0.15) is 29.4 Å². The minimum Gasteiger partial charge on any atom is -0.478 e. The van der Waals surface area contributed by atoms with Crippen molar-refractivity contribution in [3.8, 4) is 0 Å². The third-order valence-corrected chi connectivity index (χ3v) is 2.12. The minimum atomic E-state index is -0.971. The number of aliphatic hydroxyl groups is 1. The third kappa shape index (κ3) is 4.37. The van der Waals surface area contributed by atoms with Crippen molar-refractivity contribution in [3.05, 3.63) is 29.6 Å². The van der Waals surface area contributed by atoms with Crippen LogP contribution in [0.15, 0.2) is 18.3 Å². The molecule has 0 aliphatic carbocycles. The number of aromatic nitrogens is 1. The van der Waals surface area contributed by atoms with Crippen molar-refractivity contribution >= 4 is 5.97 Å². The van der Waals surface area contributed by atoms with E-state index >= 15 is 0 Å². The van der Waals surface area contributed by atoms with E-state index in [1.807, 2.05) is 0 Å². The van der Waals surface area contributed by atoms with Crippen LogP contribution in [0.4, 0.5) is 0 Å². The summed E-state index contributed by atoms with van der Waals surface area (Å²) in [5, 5.41) is 20.8. The highest BCUT2D eigenvalue weighted by atomic mass is 16.4. The summed E-state index contributed by atoms with van der Waals surface area (Å²) in [6.07, 6.45) is 1.72. The number of hydrogen-bond acceptors (Lipinski definition) is 4. The summed E-state index contributed by atoms with van der Waals surface area (Å²) < 4.78 is 0. The zero-order chi connectivity index (χ0) is 12.0. The average molecular weight is 224 g/mol. The van der Waals surface area contributed by atoms with Crippen molar-refractivity contribution < 1.29 is 15.0 Å². The van der Waals surface area contributed by atoms with Gasteiger partial charge in [0.05, 0.1) is 17.4 Å². The van der Waals surface area contributed by atoms with Crippen molar-refractivity contribution in [1.29, 1.82) is 0 Å². The molecule has 5 heteroatoms. The Labute approximate surface area is 94.1 Å². The van der Waals surface area contributed by atoms with Gasteiger partial charge in [0.25, 0.3) is 0 Å². The standard InChI is InChI=1S/C11H16N2O3/c1-8(14)4-5-12-7-10-3-2-9(6-13-10)11(15)16/h2-3,6,8,12,14H,4-5,7H2,1H3,(H,15,16). The topological polar surface area (TPSA) is 82.5 Å². The molecule has 0 radical (unpaired) electrons. The molecule has 1 aromatic rings. The number of carbonyl (C=O) groups is 1. The van der Waals surface area contributed by atoms with E-state index in [1.54, 1.807) is 13.0 Å². The highest BCUT2D eigenvalue weighted by Crippen LogP contribution is 2.00. The Morgan fingerprint density at radius 1 is 1.56 bits per heavy atom. The van der Waals surface area contributed by atoms with Crippen molar-refractivity contribution in [2.24, 2.45) is 0 Å². The SMILES string of the molecule is CC(O)CCNCc1ccc(C(=O)O)cn1. The van der Waals surface area contributed by atoms with Gasteiger partial charge in [-0.1, -0.05) is 0 Å². The Morgan fingerprint density at radius 2 is 2.31 bits per heavy atom. The first-order valence-electron chi connectivity index (χ1n) is 5.16. The fraction of sp³-hybridized carbons (Fsp3) is 0.455. The van der Waals surface area contributed by atoms with E-state index in [1.165, 1.54) is 12.3 Å². The van der Waals surface area contributed by atoms with E-state index in [2.05, 4.69) is 10.3 Å². The lowest BCUT2D eigenvalue weighted by Gasteiger charge is -2.06. The van der Waals surface area contributed by atoms with Gasteiger partial charge in [-0.05, 0) is 32.0 Å². The van der Waals surface area contributed by atoms with E-state index in [0.29, 0.717) is 19.5 Å². The second kappa shape index (κ2) is 6.19. The predicted molar refractivity (Wildman–Crippen MR) is 59.2 cm³/mol. The van der Waals surface area contributed by atoms with E-state index in [9.17, 15) is 4.79 Å². The fourth-order valence-corrected chi connectivity index (χ4v) is 1.18. The van der Waals surface area contributed by atoms with Gasteiger partial charge in [0.15, 0.2) is 0 Å². The monoisotopic (exact) mass is 224 g/mol. The molecule has 1 unspecified atom stereocenters. The average Bonchev–Trinajstić information content (AvgIpc) is 2.25. The maximum atomic E-state index is 10.6. The largest absolute Gasteiger partial charge is 0.478 e. The van der Waals surface area contributed by atoms with E-state index in [-0.39, 0.29) is 11.7 Å².